The molecular weight excluding hydrogens is 150 g/mol. The third kappa shape index (κ3) is 2.68. The van der Waals surface area contributed by atoms with Crippen LogP contribution in [0.4, 0.5) is 0 Å². The summed E-state index contributed by atoms with van der Waals surface area (Å²) >= 11 is 0. The molecule has 0 aromatic rings. The zero-order valence-electron chi connectivity index (χ0n) is 7.89. The van der Waals surface area contributed by atoms with Gasteiger partial charge >= 0.3 is 0 Å². The fourth-order valence-corrected chi connectivity index (χ4v) is 1.53. The maximum atomic E-state index is 10.9. The van der Waals surface area contributed by atoms with Gasteiger partial charge in [-0.05, 0) is 19.8 Å². The second-order valence-corrected chi connectivity index (χ2v) is 3.47. The van der Waals surface area contributed by atoms with Crippen molar-refractivity contribution in [1.29, 1.82) is 0 Å². The lowest BCUT2D eigenvalue weighted by atomic mass is 10.2. The fraction of sp³-hybridized carbons (Fsp3) is 0.700. The zero-order chi connectivity index (χ0) is 8.97. The summed E-state index contributed by atoms with van der Waals surface area (Å²) in [4.78, 5) is 10.9. The molecule has 1 rings (SSSR count). The molecule has 0 aromatic heterocycles. The van der Waals surface area contributed by atoms with E-state index in [-0.39, 0.29) is 5.78 Å². The Kier molecular flexibility index (Phi) is 3.32. The Morgan fingerprint density at radius 2 is 2.33 bits per heavy atom. The first-order chi connectivity index (χ1) is 5.72. The monoisotopic (exact) mass is 167 g/mol. The van der Waals surface area contributed by atoms with Gasteiger partial charge in [-0.1, -0.05) is 13.3 Å². The highest BCUT2D eigenvalue weighted by Gasteiger charge is 2.12. The molecule has 0 aromatic carbocycles. The molecule has 68 valence electrons. The van der Waals surface area contributed by atoms with Crippen molar-refractivity contribution in [2.24, 2.45) is 0 Å². The SMILES string of the molecule is CCCC(C)NC1=CC(=O)CC1. The predicted octanol–water partition coefficient (Wildman–Crippen LogP) is 2.01. The van der Waals surface area contributed by atoms with Crippen molar-refractivity contribution < 1.29 is 4.79 Å². The van der Waals surface area contributed by atoms with Crippen LogP contribution in [-0.4, -0.2) is 11.8 Å². The van der Waals surface area contributed by atoms with Crippen LogP contribution in [0.15, 0.2) is 11.8 Å². The Labute approximate surface area is 74.0 Å². The first-order valence-corrected chi connectivity index (χ1v) is 4.72. The van der Waals surface area contributed by atoms with E-state index in [1.165, 1.54) is 12.8 Å². The van der Waals surface area contributed by atoms with E-state index in [4.69, 9.17) is 0 Å². The third-order valence-corrected chi connectivity index (χ3v) is 2.13. The highest BCUT2D eigenvalue weighted by atomic mass is 16.1. The minimum absolute atomic E-state index is 0.265. The lowest BCUT2D eigenvalue weighted by Crippen LogP contribution is -2.24. The molecule has 1 N–H and O–H groups in total. The van der Waals surface area contributed by atoms with Crippen LogP contribution in [0.5, 0.6) is 0 Å². The summed E-state index contributed by atoms with van der Waals surface area (Å²) in [5, 5.41) is 3.35. The number of nitrogens with one attached hydrogen (secondary N) is 1. The molecule has 0 aliphatic heterocycles. The molecule has 0 fully saturated rings. The van der Waals surface area contributed by atoms with Crippen LogP contribution < -0.4 is 5.32 Å². The molecule has 0 radical (unpaired) electrons. The molecule has 0 bridgehead atoms. The molecule has 0 amide bonds. The molecular formula is C10H17NO. The Morgan fingerprint density at radius 3 is 2.83 bits per heavy atom. The third-order valence-electron chi connectivity index (χ3n) is 2.13. The number of allylic oxidation sites excluding steroid dienone is 2. The average molecular weight is 167 g/mol. The minimum atomic E-state index is 0.265. The number of hydrogen-bond donors (Lipinski definition) is 1. The Hall–Kier alpha value is -0.790. The van der Waals surface area contributed by atoms with Gasteiger partial charge in [0, 0.05) is 24.2 Å². The summed E-state index contributed by atoms with van der Waals surface area (Å²) < 4.78 is 0. The maximum absolute atomic E-state index is 10.9. The van der Waals surface area contributed by atoms with E-state index in [1.807, 2.05) is 0 Å². The summed E-state index contributed by atoms with van der Waals surface area (Å²) in [6.07, 6.45) is 5.71. The van der Waals surface area contributed by atoms with Crippen molar-refractivity contribution in [1.82, 2.24) is 5.32 Å². The van der Waals surface area contributed by atoms with E-state index in [2.05, 4.69) is 19.2 Å². The van der Waals surface area contributed by atoms with Gasteiger partial charge in [0.25, 0.3) is 0 Å². The van der Waals surface area contributed by atoms with E-state index < -0.39 is 0 Å². The topological polar surface area (TPSA) is 29.1 Å². The van der Waals surface area contributed by atoms with Gasteiger partial charge in [-0.25, -0.2) is 0 Å². The molecule has 1 unspecified atom stereocenters. The van der Waals surface area contributed by atoms with E-state index in [1.54, 1.807) is 6.08 Å². The quantitative estimate of drug-likeness (QED) is 0.694. The van der Waals surface area contributed by atoms with Gasteiger partial charge in [-0.3, -0.25) is 4.79 Å². The molecule has 2 nitrogen and oxygen atoms in total. The molecule has 1 atom stereocenters. The normalized spacial score (nSPS) is 19.2. The second kappa shape index (κ2) is 4.29. The molecule has 1 aliphatic carbocycles. The Bertz CT molecular complexity index is 196. The van der Waals surface area contributed by atoms with Crippen LogP contribution in [0.3, 0.4) is 0 Å². The van der Waals surface area contributed by atoms with Gasteiger partial charge < -0.3 is 5.32 Å². The zero-order valence-corrected chi connectivity index (χ0v) is 7.89. The summed E-state index contributed by atoms with van der Waals surface area (Å²) in [5.74, 6) is 0.265. The smallest absolute Gasteiger partial charge is 0.157 e. The lowest BCUT2D eigenvalue weighted by Gasteiger charge is -2.14. The summed E-state index contributed by atoms with van der Waals surface area (Å²) in [6, 6.07) is 0.507. The van der Waals surface area contributed by atoms with Crippen LogP contribution in [0.25, 0.3) is 0 Å². The molecule has 0 spiro atoms. The van der Waals surface area contributed by atoms with Crippen molar-refractivity contribution in [3.05, 3.63) is 11.8 Å². The highest BCUT2D eigenvalue weighted by molar-refractivity contribution is 5.92. The van der Waals surface area contributed by atoms with Crippen LogP contribution in [0, 0.1) is 0 Å². The first-order valence-electron chi connectivity index (χ1n) is 4.72. The van der Waals surface area contributed by atoms with Crippen molar-refractivity contribution in [2.75, 3.05) is 0 Å². The first kappa shape index (κ1) is 9.30. The molecule has 1 aliphatic rings. The lowest BCUT2D eigenvalue weighted by molar-refractivity contribution is -0.114. The minimum Gasteiger partial charge on any atom is -0.386 e. The number of rotatable bonds is 4. The van der Waals surface area contributed by atoms with Gasteiger partial charge in [0.2, 0.25) is 0 Å². The molecule has 0 saturated heterocycles. The summed E-state index contributed by atoms with van der Waals surface area (Å²) in [7, 11) is 0. The van der Waals surface area contributed by atoms with Crippen LogP contribution in [0.2, 0.25) is 0 Å². The molecule has 0 heterocycles. The molecule has 12 heavy (non-hydrogen) atoms. The number of carbonyl (C=O) groups excluding carboxylic acids is 1. The Balaban J connectivity index is 2.31. The van der Waals surface area contributed by atoms with E-state index in [0.717, 1.165) is 12.1 Å². The van der Waals surface area contributed by atoms with Crippen molar-refractivity contribution in [3.8, 4) is 0 Å². The largest absolute Gasteiger partial charge is 0.386 e. The van der Waals surface area contributed by atoms with Crippen molar-refractivity contribution >= 4 is 5.78 Å². The number of ketones is 1. The maximum Gasteiger partial charge on any atom is 0.157 e. The van der Waals surface area contributed by atoms with E-state index in [0.29, 0.717) is 12.5 Å². The van der Waals surface area contributed by atoms with Crippen LogP contribution in [0.1, 0.15) is 39.5 Å². The standard InChI is InChI=1S/C10H17NO/c1-3-4-8(2)11-9-5-6-10(12)7-9/h7-8,11H,3-6H2,1-2H3. The highest BCUT2D eigenvalue weighted by Crippen LogP contribution is 2.13. The van der Waals surface area contributed by atoms with Gasteiger partial charge in [0.05, 0.1) is 0 Å². The van der Waals surface area contributed by atoms with Crippen LogP contribution >= 0.6 is 0 Å². The Morgan fingerprint density at radius 1 is 1.58 bits per heavy atom. The summed E-state index contributed by atoms with van der Waals surface area (Å²) in [5.41, 5.74) is 1.13. The predicted molar refractivity (Wildman–Crippen MR) is 49.8 cm³/mol. The van der Waals surface area contributed by atoms with Gasteiger partial charge in [0.15, 0.2) is 5.78 Å². The number of carbonyl (C=O) groups is 1. The molecule has 0 saturated carbocycles. The van der Waals surface area contributed by atoms with Gasteiger partial charge in [0.1, 0.15) is 0 Å². The summed E-state index contributed by atoms with van der Waals surface area (Å²) in [6.45, 7) is 4.33. The van der Waals surface area contributed by atoms with Crippen molar-refractivity contribution in [2.45, 2.75) is 45.6 Å². The van der Waals surface area contributed by atoms with E-state index >= 15 is 0 Å². The average Bonchev–Trinajstić information content (AvgIpc) is 2.36. The van der Waals surface area contributed by atoms with E-state index in [9.17, 15) is 4.79 Å². The van der Waals surface area contributed by atoms with Crippen molar-refractivity contribution in [3.63, 3.8) is 0 Å². The van der Waals surface area contributed by atoms with Gasteiger partial charge in [-0.2, -0.15) is 0 Å². The fourth-order valence-electron chi connectivity index (χ4n) is 1.53. The molecule has 2 heteroatoms. The number of hydrogen-bond acceptors (Lipinski definition) is 2. The van der Waals surface area contributed by atoms with Crippen LogP contribution in [-0.2, 0) is 4.79 Å². The van der Waals surface area contributed by atoms with Gasteiger partial charge in [-0.15, -0.1) is 0 Å². The second-order valence-electron chi connectivity index (χ2n) is 3.47.